The molecular weight excluding hydrogens is 186 g/mol. The van der Waals surface area contributed by atoms with Crippen molar-refractivity contribution in [1.82, 2.24) is 5.32 Å². The predicted molar refractivity (Wildman–Crippen MR) is 63.9 cm³/mol. The third-order valence-electron chi connectivity index (χ3n) is 2.76. The lowest BCUT2D eigenvalue weighted by atomic mass is 9.93. The maximum atomic E-state index is 5.59. The van der Waals surface area contributed by atoms with Crippen molar-refractivity contribution in [2.45, 2.75) is 26.0 Å². The van der Waals surface area contributed by atoms with Gasteiger partial charge in [0, 0.05) is 13.2 Å². The zero-order chi connectivity index (χ0) is 11.3. The molecule has 0 bridgehead atoms. The molecule has 15 heavy (non-hydrogen) atoms. The van der Waals surface area contributed by atoms with Crippen LogP contribution in [-0.4, -0.2) is 20.2 Å². The highest BCUT2D eigenvalue weighted by Crippen LogP contribution is 2.24. The molecule has 0 aliphatic rings. The van der Waals surface area contributed by atoms with Crippen molar-refractivity contribution in [2.75, 3.05) is 14.2 Å². The highest BCUT2D eigenvalue weighted by atomic mass is 16.5. The van der Waals surface area contributed by atoms with Crippen LogP contribution in [0.5, 0.6) is 0 Å². The highest BCUT2D eigenvalue weighted by molar-refractivity contribution is 5.19. The summed E-state index contributed by atoms with van der Waals surface area (Å²) in [5.74, 6) is 0.542. The van der Waals surface area contributed by atoms with E-state index in [0.29, 0.717) is 12.0 Å². The third kappa shape index (κ3) is 3.05. The smallest absolute Gasteiger partial charge is 0.0976 e. The number of methoxy groups -OCH3 is 1. The fraction of sp³-hybridized carbons (Fsp3) is 0.538. The van der Waals surface area contributed by atoms with Crippen LogP contribution in [0.4, 0.5) is 0 Å². The fourth-order valence-electron chi connectivity index (χ4n) is 1.97. The van der Waals surface area contributed by atoms with Gasteiger partial charge in [-0.15, -0.1) is 0 Å². The molecule has 84 valence electrons. The van der Waals surface area contributed by atoms with E-state index in [0.717, 1.165) is 0 Å². The van der Waals surface area contributed by atoms with Crippen LogP contribution < -0.4 is 5.32 Å². The molecule has 0 amide bonds. The Kier molecular flexibility index (Phi) is 4.79. The minimum Gasteiger partial charge on any atom is -0.375 e. The van der Waals surface area contributed by atoms with E-state index in [9.17, 15) is 0 Å². The van der Waals surface area contributed by atoms with E-state index >= 15 is 0 Å². The minimum atomic E-state index is 0.121. The average molecular weight is 207 g/mol. The molecule has 0 spiro atoms. The van der Waals surface area contributed by atoms with Crippen LogP contribution >= 0.6 is 0 Å². The van der Waals surface area contributed by atoms with Crippen LogP contribution in [-0.2, 0) is 4.74 Å². The maximum Gasteiger partial charge on any atom is 0.0976 e. The lowest BCUT2D eigenvalue weighted by Gasteiger charge is -2.29. The summed E-state index contributed by atoms with van der Waals surface area (Å²) < 4.78 is 5.59. The average Bonchev–Trinajstić information content (AvgIpc) is 2.26. The first-order valence-electron chi connectivity index (χ1n) is 5.45. The monoisotopic (exact) mass is 207 g/mol. The largest absolute Gasteiger partial charge is 0.375 e. The lowest BCUT2D eigenvalue weighted by molar-refractivity contribution is 0.0549. The number of ether oxygens (including phenoxy) is 1. The van der Waals surface area contributed by atoms with Crippen molar-refractivity contribution in [3.8, 4) is 0 Å². The van der Waals surface area contributed by atoms with Crippen LogP contribution in [0.15, 0.2) is 30.3 Å². The van der Waals surface area contributed by atoms with E-state index in [2.05, 4.69) is 43.4 Å². The van der Waals surface area contributed by atoms with Gasteiger partial charge in [0.15, 0.2) is 0 Å². The number of benzene rings is 1. The molecule has 2 heteroatoms. The Morgan fingerprint density at radius 3 is 2.13 bits per heavy atom. The maximum absolute atomic E-state index is 5.59. The molecule has 0 aliphatic heterocycles. The van der Waals surface area contributed by atoms with Crippen LogP contribution in [0.1, 0.15) is 25.5 Å². The summed E-state index contributed by atoms with van der Waals surface area (Å²) in [5, 5.41) is 3.33. The van der Waals surface area contributed by atoms with Gasteiger partial charge in [-0.25, -0.2) is 0 Å². The van der Waals surface area contributed by atoms with Gasteiger partial charge in [-0.2, -0.15) is 0 Å². The van der Waals surface area contributed by atoms with Crippen LogP contribution in [0.2, 0.25) is 0 Å². The number of nitrogens with one attached hydrogen (secondary N) is 1. The predicted octanol–water partition coefficient (Wildman–Crippen LogP) is 2.62. The van der Waals surface area contributed by atoms with E-state index < -0.39 is 0 Å². The van der Waals surface area contributed by atoms with Gasteiger partial charge in [-0.1, -0.05) is 44.2 Å². The normalized spacial score (nSPS) is 15.3. The van der Waals surface area contributed by atoms with Crippen molar-refractivity contribution in [3.63, 3.8) is 0 Å². The highest BCUT2D eigenvalue weighted by Gasteiger charge is 2.23. The number of hydrogen-bond acceptors (Lipinski definition) is 2. The Labute approximate surface area is 92.6 Å². The molecule has 0 fully saturated rings. The standard InChI is InChI=1S/C13H21NO/c1-10(2)12(14-3)13(15-4)11-8-6-5-7-9-11/h5-10,12-14H,1-4H3. The molecule has 0 radical (unpaired) electrons. The Hall–Kier alpha value is -0.860. The number of hydrogen-bond donors (Lipinski definition) is 1. The van der Waals surface area contributed by atoms with Crippen molar-refractivity contribution < 1.29 is 4.74 Å². The first kappa shape index (κ1) is 12.2. The lowest BCUT2D eigenvalue weighted by Crippen LogP contribution is -2.37. The summed E-state index contributed by atoms with van der Waals surface area (Å²) in [5.41, 5.74) is 1.23. The molecule has 1 rings (SSSR count). The molecule has 2 nitrogen and oxygen atoms in total. The van der Waals surface area contributed by atoms with E-state index in [1.165, 1.54) is 5.56 Å². The zero-order valence-corrected chi connectivity index (χ0v) is 10.0. The number of likely N-dealkylation sites (N-methyl/N-ethyl adjacent to an activating group) is 1. The Morgan fingerprint density at radius 1 is 1.13 bits per heavy atom. The molecule has 2 atom stereocenters. The van der Waals surface area contributed by atoms with Gasteiger partial charge in [-0.05, 0) is 18.5 Å². The Bertz CT molecular complexity index is 271. The molecule has 2 unspecified atom stereocenters. The summed E-state index contributed by atoms with van der Waals surface area (Å²) in [6.07, 6.45) is 0.121. The Morgan fingerprint density at radius 2 is 1.73 bits per heavy atom. The van der Waals surface area contributed by atoms with Crippen LogP contribution in [0.25, 0.3) is 0 Å². The molecular formula is C13H21NO. The first-order chi connectivity index (χ1) is 7.20. The van der Waals surface area contributed by atoms with Crippen molar-refractivity contribution in [3.05, 3.63) is 35.9 Å². The minimum absolute atomic E-state index is 0.121. The van der Waals surface area contributed by atoms with Gasteiger partial charge in [0.25, 0.3) is 0 Å². The van der Waals surface area contributed by atoms with Gasteiger partial charge in [0.05, 0.1) is 6.10 Å². The van der Waals surface area contributed by atoms with Gasteiger partial charge < -0.3 is 10.1 Å². The second-order valence-electron chi connectivity index (χ2n) is 4.13. The fourth-order valence-corrected chi connectivity index (χ4v) is 1.97. The molecule has 0 saturated heterocycles. The van der Waals surface area contributed by atoms with Gasteiger partial charge >= 0.3 is 0 Å². The van der Waals surface area contributed by atoms with E-state index in [1.807, 2.05) is 13.1 Å². The molecule has 0 aliphatic carbocycles. The van der Waals surface area contributed by atoms with E-state index in [1.54, 1.807) is 7.11 Å². The summed E-state index contributed by atoms with van der Waals surface area (Å²) in [6, 6.07) is 10.7. The van der Waals surface area contributed by atoms with E-state index in [4.69, 9.17) is 4.74 Å². The van der Waals surface area contributed by atoms with Gasteiger partial charge in [0.1, 0.15) is 0 Å². The number of rotatable bonds is 5. The van der Waals surface area contributed by atoms with Gasteiger partial charge in [0.2, 0.25) is 0 Å². The topological polar surface area (TPSA) is 21.3 Å². The second kappa shape index (κ2) is 5.89. The van der Waals surface area contributed by atoms with Crippen molar-refractivity contribution in [2.24, 2.45) is 5.92 Å². The molecule has 1 aromatic rings. The second-order valence-corrected chi connectivity index (χ2v) is 4.13. The summed E-state index contributed by atoms with van der Waals surface area (Å²) in [7, 11) is 3.75. The van der Waals surface area contributed by atoms with Gasteiger partial charge in [-0.3, -0.25) is 0 Å². The molecule has 0 saturated carbocycles. The van der Waals surface area contributed by atoms with Crippen LogP contribution in [0.3, 0.4) is 0 Å². The quantitative estimate of drug-likeness (QED) is 0.801. The van der Waals surface area contributed by atoms with Crippen molar-refractivity contribution in [1.29, 1.82) is 0 Å². The van der Waals surface area contributed by atoms with Crippen molar-refractivity contribution >= 4 is 0 Å². The molecule has 1 aromatic carbocycles. The van der Waals surface area contributed by atoms with E-state index in [-0.39, 0.29) is 6.10 Å². The molecule has 1 N–H and O–H groups in total. The zero-order valence-electron chi connectivity index (χ0n) is 10.0. The summed E-state index contributed by atoms with van der Waals surface area (Å²) in [4.78, 5) is 0. The third-order valence-corrected chi connectivity index (χ3v) is 2.76. The van der Waals surface area contributed by atoms with Crippen LogP contribution in [0, 0.1) is 5.92 Å². The SMILES string of the molecule is CNC(C(C)C)C(OC)c1ccccc1. The first-order valence-corrected chi connectivity index (χ1v) is 5.45. The molecule has 0 heterocycles. The molecule has 0 aromatic heterocycles. The summed E-state index contributed by atoms with van der Waals surface area (Å²) >= 11 is 0. The Balaban J connectivity index is 2.87. The summed E-state index contributed by atoms with van der Waals surface area (Å²) in [6.45, 7) is 4.41.